The van der Waals surface area contributed by atoms with Crippen LogP contribution in [-0.4, -0.2) is 58.2 Å². The Labute approximate surface area is 143 Å². The molecule has 3 rings (SSSR count). The first-order chi connectivity index (χ1) is 11.7. The smallest absolute Gasteiger partial charge is 0.246 e. The van der Waals surface area contributed by atoms with E-state index in [0.717, 1.165) is 44.7 Å². The van der Waals surface area contributed by atoms with E-state index in [1.54, 1.807) is 17.0 Å². The number of piperazine rings is 1. The van der Waals surface area contributed by atoms with Crippen LogP contribution in [0.15, 0.2) is 48.8 Å². The lowest BCUT2D eigenvalue weighted by Crippen LogP contribution is -2.48. The van der Waals surface area contributed by atoms with Gasteiger partial charge in [0.15, 0.2) is 0 Å². The number of rotatable bonds is 5. The molecule has 5 heteroatoms. The van der Waals surface area contributed by atoms with Crippen molar-refractivity contribution in [2.24, 2.45) is 7.05 Å². The summed E-state index contributed by atoms with van der Waals surface area (Å²) in [6, 6.07) is 10.6. The molecule has 0 bridgehead atoms. The summed E-state index contributed by atoms with van der Waals surface area (Å²) in [5.74, 6) is 0.0848. The van der Waals surface area contributed by atoms with Crippen LogP contribution >= 0.6 is 0 Å². The number of aryl methyl sites for hydroxylation is 1. The molecular formula is C19H24N4O. The summed E-state index contributed by atoms with van der Waals surface area (Å²) in [5.41, 5.74) is 2.32. The van der Waals surface area contributed by atoms with E-state index in [1.807, 2.05) is 30.3 Å². The molecule has 126 valence electrons. The van der Waals surface area contributed by atoms with Crippen LogP contribution in [-0.2, 0) is 18.3 Å². The number of hydrogen-bond donors (Lipinski definition) is 0. The highest BCUT2D eigenvalue weighted by Crippen LogP contribution is 2.07. The van der Waals surface area contributed by atoms with Gasteiger partial charge in [0.1, 0.15) is 0 Å². The molecule has 1 aromatic carbocycles. The van der Waals surface area contributed by atoms with Gasteiger partial charge >= 0.3 is 0 Å². The SMILES string of the molecule is Cn1cc(/C=C/C(=O)N2CCN(CCc3ccccc3)CC2)cn1. The van der Waals surface area contributed by atoms with E-state index < -0.39 is 0 Å². The van der Waals surface area contributed by atoms with Gasteiger partial charge in [0.2, 0.25) is 5.91 Å². The molecule has 1 aromatic heterocycles. The van der Waals surface area contributed by atoms with Gasteiger partial charge in [-0.2, -0.15) is 5.10 Å². The van der Waals surface area contributed by atoms with Crippen molar-refractivity contribution in [3.8, 4) is 0 Å². The molecule has 2 heterocycles. The maximum absolute atomic E-state index is 12.3. The molecule has 0 N–H and O–H groups in total. The zero-order valence-corrected chi connectivity index (χ0v) is 14.1. The average Bonchev–Trinajstić information content (AvgIpc) is 3.04. The van der Waals surface area contributed by atoms with Crippen molar-refractivity contribution in [1.82, 2.24) is 19.6 Å². The number of carbonyl (C=O) groups is 1. The minimum Gasteiger partial charge on any atom is -0.337 e. The number of aromatic nitrogens is 2. The quantitative estimate of drug-likeness (QED) is 0.788. The number of benzene rings is 1. The van der Waals surface area contributed by atoms with E-state index in [4.69, 9.17) is 0 Å². The van der Waals surface area contributed by atoms with Gasteiger partial charge in [-0.25, -0.2) is 0 Å². The summed E-state index contributed by atoms with van der Waals surface area (Å²) in [7, 11) is 1.87. The van der Waals surface area contributed by atoms with Crippen LogP contribution in [0.25, 0.3) is 6.08 Å². The molecule has 1 aliphatic heterocycles. The summed E-state index contributed by atoms with van der Waals surface area (Å²) in [4.78, 5) is 16.6. The second-order valence-electron chi connectivity index (χ2n) is 6.18. The monoisotopic (exact) mass is 324 g/mol. The molecule has 0 atom stereocenters. The van der Waals surface area contributed by atoms with Gasteiger partial charge in [0.25, 0.3) is 0 Å². The van der Waals surface area contributed by atoms with E-state index in [1.165, 1.54) is 5.56 Å². The highest BCUT2D eigenvalue weighted by Gasteiger charge is 2.19. The molecule has 1 saturated heterocycles. The predicted octanol–water partition coefficient (Wildman–Crippen LogP) is 1.82. The molecule has 1 amide bonds. The van der Waals surface area contributed by atoms with E-state index in [-0.39, 0.29) is 5.91 Å². The Hall–Kier alpha value is -2.40. The zero-order valence-electron chi connectivity index (χ0n) is 14.1. The van der Waals surface area contributed by atoms with E-state index in [9.17, 15) is 4.79 Å². The molecule has 0 radical (unpaired) electrons. The normalized spacial score (nSPS) is 16.0. The molecule has 5 nitrogen and oxygen atoms in total. The minimum atomic E-state index is 0.0848. The number of nitrogens with zero attached hydrogens (tertiary/aromatic N) is 4. The Morgan fingerprint density at radius 2 is 1.92 bits per heavy atom. The lowest BCUT2D eigenvalue weighted by molar-refractivity contribution is -0.127. The van der Waals surface area contributed by atoms with Crippen molar-refractivity contribution in [2.45, 2.75) is 6.42 Å². The lowest BCUT2D eigenvalue weighted by Gasteiger charge is -2.34. The van der Waals surface area contributed by atoms with Crippen LogP contribution in [0.3, 0.4) is 0 Å². The fourth-order valence-electron chi connectivity index (χ4n) is 2.92. The summed E-state index contributed by atoms with van der Waals surface area (Å²) in [6.45, 7) is 4.53. The van der Waals surface area contributed by atoms with E-state index in [2.05, 4.69) is 34.3 Å². The molecule has 0 unspecified atom stereocenters. The van der Waals surface area contributed by atoms with Crippen molar-refractivity contribution in [3.63, 3.8) is 0 Å². The molecule has 0 saturated carbocycles. The summed E-state index contributed by atoms with van der Waals surface area (Å²) < 4.78 is 1.73. The van der Waals surface area contributed by atoms with E-state index >= 15 is 0 Å². The van der Waals surface area contributed by atoms with Crippen molar-refractivity contribution < 1.29 is 4.79 Å². The van der Waals surface area contributed by atoms with Crippen molar-refractivity contribution in [2.75, 3.05) is 32.7 Å². The molecule has 0 spiro atoms. The first-order valence-electron chi connectivity index (χ1n) is 8.42. The van der Waals surface area contributed by atoms with Crippen molar-refractivity contribution >= 4 is 12.0 Å². The van der Waals surface area contributed by atoms with Gasteiger partial charge in [0.05, 0.1) is 6.20 Å². The summed E-state index contributed by atoms with van der Waals surface area (Å²) >= 11 is 0. The maximum atomic E-state index is 12.3. The van der Waals surface area contributed by atoms with Crippen LogP contribution < -0.4 is 0 Å². The first kappa shape index (κ1) is 16.5. The number of hydrogen-bond acceptors (Lipinski definition) is 3. The summed E-state index contributed by atoms with van der Waals surface area (Å²) in [5, 5.41) is 4.10. The predicted molar refractivity (Wildman–Crippen MR) is 95.4 cm³/mol. The molecule has 0 aliphatic carbocycles. The van der Waals surface area contributed by atoms with Crippen molar-refractivity contribution in [1.29, 1.82) is 0 Å². The standard InChI is InChI=1S/C19H24N4O/c1-21-16-18(15-20-21)7-8-19(24)23-13-11-22(12-14-23)10-9-17-5-3-2-4-6-17/h2-8,15-16H,9-14H2,1H3/b8-7+. The van der Waals surface area contributed by atoms with Gasteiger partial charge in [-0.05, 0) is 18.1 Å². The van der Waals surface area contributed by atoms with Crippen LogP contribution in [0.4, 0.5) is 0 Å². The molecular weight excluding hydrogens is 300 g/mol. The Bertz CT molecular complexity index is 684. The Morgan fingerprint density at radius 3 is 2.58 bits per heavy atom. The lowest BCUT2D eigenvalue weighted by atomic mass is 10.1. The van der Waals surface area contributed by atoms with Crippen LogP contribution in [0, 0.1) is 0 Å². The first-order valence-corrected chi connectivity index (χ1v) is 8.42. The molecule has 24 heavy (non-hydrogen) atoms. The second-order valence-corrected chi connectivity index (χ2v) is 6.18. The van der Waals surface area contributed by atoms with Crippen LogP contribution in [0.2, 0.25) is 0 Å². The maximum Gasteiger partial charge on any atom is 0.246 e. The third-order valence-corrected chi connectivity index (χ3v) is 4.39. The molecule has 1 fully saturated rings. The third-order valence-electron chi connectivity index (χ3n) is 4.39. The Morgan fingerprint density at radius 1 is 1.17 bits per heavy atom. The average molecular weight is 324 g/mol. The Kier molecular flexibility index (Phi) is 5.43. The number of amides is 1. The fraction of sp³-hybridized carbons (Fsp3) is 0.368. The molecule has 2 aromatic rings. The molecule has 1 aliphatic rings. The van der Waals surface area contributed by atoms with E-state index in [0.29, 0.717) is 0 Å². The van der Waals surface area contributed by atoms with Crippen LogP contribution in [0.5, 0.6) is 0 Å². The van der Waals surface area contributed by atoms with Gasteiger partial charge in [0, 0.05) is 57.6 Å². The minimum absolute atomic E-state index is 0.0848. The van der Waals surface area contributed by atoms with Gasteiger partial charge < -0.3 is 4.90 Å². The van der Waals surface area contributed by atoms with Crippen molar-refractivity contribution in [3.05, 3.63) is 59.9 Å². The number of carbonyl (C=O) groups excluding carboxylic acids is 1. The summed E-state index contributed by atoms with van der Waals surface area (Å²) in [6.07, 6.45) is 8.19. The second kappa shape index (κ2) is 7.93. The van der Waals surface area contributed by atoms with Crippen LogP contribution in [0.1, 0.15) is 11.1 Å². The van der Waals surface area contributed by atoms with Gasteiger partial charge in [-0.1, -0.05) is 30.3 Å². The third kappa shape index (κ3) is 4.55. The largest absolute Gasteiger partial charge is 0.337 e. The fourth-order valence-corrected chi connectivity index (χ4v) is 2.92. The topological polar surface area (TPSA) is 41.4 Å². The Balaban J connectivity index is 1.43. The highest BCUT2D eigenvalue weighted by atomic mass is 16.2. The zero-order chi connectivity index (χ0) is 16.8. The highest BCUT2D eigenvalue weighted by molar-refractivity contribution is 5.91. The van der Waals surface area contributed by atoms with Gasteiger partial charge in [-0.3, -0.25) is 14.4 Å². The van der Waals surface area contributed by atoms with Gasteiger partial charge in [-0.15, -0.1) is 0 Å².